The summed E-state index contributed by atoms with van der Waals surface area (Å²) in [5.74, 6) is -0.902. The highest BCUT2D eigenvalue weighted by Crippen LogP contribution is 2.35. The van der Waals surface area contributed by atoms with Crippen LogP contribution < -0.4 is 10.0 Å². The molecule has 0 bridgehead atoms. The summed E-state index contributed by atoms with van der Waals surface area (Å²) in [6, 6.07) is 6.47. The maximum absolute atomic E-state index is 13.1. The van der Waals surface area contributed by atoms with Gasteiger partial charge in [0, 0.05) is 29.0 Å². The molecule has 0 saturated carbocycles. The molecule has 0 aliphatic carbocycles. The molecule has 3 rings (SSSR count). The number of rotatable bonds is 5. The van der Waals surface area contributed by atoms with Crippen molar-refractivity contribution in [1.82, 2.24) is 10.3 Å². The van der Waals surface area contributed by atoms with E-state index in [9.17, 15) is 41.5 Å². The van der Waals surface area contributed by atoms with Gasteiger partial charge in [-0.05, 0) is 48.9 Å². The number of nitrogens with one attached hydrogen (secondary N) is 1. The van der Waals surface area contributed by atoms with Crippen molar-refractivity contribution in [2.45, 2.75) is 31.4 Å². The topological polar surface area (TPSA) is 89.2 Å². The number of benzene rings is 1. The van der Waals surface area contributed by atoms with Gasteiger partial charge >= 0.3 is 12.4 Å². The van der Waals surface area contributed by atoms with Crippen LogP contribution in [0.15, 0.2) is 54.9 Å². The van der Waals surface area contributed by atoms with E-state index in [1.54, 1.807) is 0 Å². The molecular formula is C22H16ClF6N3O3. The molecule has 0 saturated heterocycles. The lowest BCUT2D eigenvalue weighted by molar-refractivity contribution is -0.629. The molecule has 1 aromatic carbocycles. The zero-order valence-corrected chi connectivity index (χ0v) is 18.4. The quantitative estimate of drug-likeness (QED) is 0.277. The summed E-state index contributed by atoms with van der Waals surface area (Å²) in [7, 11) is 0. The van der Waals surface area contributed by atoms with Crippen molar-refractivity contribution in [3.05, 3.63) is 87.5 Å². The van der Waals surface area contributed by atoms with Crippen LogP contribution in [0.2, 0.25) is 5.02 Å². The Morgan fingerprint density at radius 3 is 2.31 bits per heavy atom. The second-order valence-corrected chi connectivity index (χ2v) is 7.95. The Bertz CT molecular complexity index is 1230. The van der Waals surface area contributed by atoms with Crippen molar-refractivity contribution in [2.75, 3.05) is 0 Å². The number of carbonyl (C=O) groups is 1. The van der Waals surface area contributed by atoms with E-state index in [-0.39, 0.29) is 32.1 Å². The van der Waals surface area contributed by atoms with Crippen molar-refractivity contribution in [3.8, 4) is 11.3 Å². The number of halogens is 7. The van der Waals surface area contributed by atoms with E-state index in [2.05, 4.69) is 10.3 Å². The Morgan fingerprint density at radius 2 is 1.77 bits per heavy atom. The lowest BCUT2D eigenvalue weighted by Crippen LogP contribution is -2.38. The summed E-state index contributed by atoms with van der Waals surface area (Å²) in [6.45, 7) is 1.37. The van der Waals surface area contributed by atoms with Gasteiger partial charge in [0.05, 0.1) is 16.8 Å². The maximum atomic E-state index is 13.1. The molecule has 6 nitrogen and oxygen atoms in total. The second-order valence-electron chi connectivity index (χ2n) is 7.52. The number of hydrogen-bond donors (Lipinski definition) is 2. The molecule has 0 aliphatic heterocycles. The molecule has 2 atom stereocenters. The van der Waals surface area contributed by atoms with E-state index < -0.39 is 41.7 Å². The van der Waals surface area contributed by atoms with Gasteiger partial charge in [-0.2, -0.15) is 31.1 Å². The van der Waals surface area contributed by atoms with Crippen LogP contribution in [0.4, 0.5) is 26.3 Å². The molecule has 2 heterocycles. The van der Waals surface area contributed by atoms with Gasteiger partial charge in [0.15, 0.2) is 12.3 Å². The van der Waals surface area contributed by atoms with Crippen LogP contribution in [-0.2, 0) is 6.18 Å². The van der Waals surface area contributed by atoms with Crippen LogP contribution >= 0.6 is 11.6 Å². The summed E-state index contributed by atoms with van der Waals surface area (Å²) in [5.41, 5.74) is -2.10. The van der Waals surface area contributed by atoms with Gasteiger partial charge in [-0.1, -0.05) is 11.6 Å². The first kappa shape index (κ1) is 26.2. The van der Waals surface area contributed by atoms with Crippen LogP contribution in [0.5, 0.6) is 0 Å². The van der Waals surface area contributed by atoms with E-state index in [0.717, 1.165) is 18.2 Å². The van der Waals surface area contributed by atoms with Gasteiger partial charge in [0.2, 0.25) is 0 Å². The van der Waals surface area contributed by atoms with Gasteiger partial charge in [-0.25, -0.2) is 0 Å². The Balaban J connectivity index is 1.95. The molecule has 0 fully saturated rings. The van der Waals surface area contributed by atoms with E-state index >= 15 is 0 Å². The number of alkyl halides is 6. The van der Waals surface area contributed by atoms with Gasteiger partial charge in [0.25, 0.3) is 11.6 Å². The van der Waals surface area contributed by atoms with Crippen LogP contribution in [0, 0.1) is 5.21 Å². The molecule has 1 amide bonds. The fraction of sp³-hybridized carbons (Fsp3) is 0.227. The lowest BCUT2D eigenvalue weighted by Gasteiger charge is -2.18. The van der Waals surface area contributed by atoms with Gasteiger partial charge in [0.1, 0.15) is 0 Å². The third-order valence-corrected chi connectivity index (χ3v) is 5.17. The minimum absolute atomic E-state index is 0.0208. The van der Waals surface area contributed by atoms with Crippen molar-refractivity contribution in [2.24, 2.45) is 0 Å². The Morgan fingerprint density at radius 1 is 1.09 bits per heavy atom. The summed E-state index contributed by atoms with van der Waals surface area (Å²) in [4.78, 5) is 16.8. The first-order chi connectivity index (χ1) is 16.2. The lowest BCUT2D eigenvalue weighted by atomic mass is 9.98. The molecule has 13 heteroatoms. The molecular weight excluding hydrogens is 504 g/mol. The highest BCUT2D eigenvalue weighted by molar-refractivity contribution is 6.30. The number of nitrogens with zero attached hydrogens (tertiary/aromatic N) is 2. The SMILES string of the molecule is C[C@@H](NC(=O)c1cc(-c2ccc(Cl)cn2)cc(C(O)C(F)(F)F)c1)c1ccc(C(F)(F)F)[n+]([O-])c1. The van der Waals surface area contributed by atoms with E-state index in [1.807, 2.05) is 0 Å². The molecule has 35 heavy (non-hydrogen) atoms. The first-order valence-electron chi connectivity index (χ1n) is 9.79. The summed E-state index contributed by atoms with van der Waals surface area (Å²) in [5, 5.41) is 24.1. The Kier molecular flexibility index (Phi) is 7.27. The summed E-state index contributed by atoms with van der Waals surface area (Å²) < 4.78 is 77.4. The molecule has 1 unspecified atom stereocenters. The molecule has 2 aromatic heterocycles. The van der Waals surface area contributed by atoms with Crippen LogP contribution in [-0.4, -0.2) is 22.2 Å². The van der Waals surface area contributed by atoms with Crippen molar-refractivity contribution in [1.29, 1.82) is 0 Å². The Labute approximate surface area is 199 Å². The third-order valence-electron chi connectivity index (χ3n) is 4.94. The molecule has 0 aliphatic rings. The number of aliphatic hydroxyl groups is 1. The van der Waals surface area contributed by atoms with Gasteiger partial charge < -0.3 is 15.6 Å². The maximum Gasteiger partial charge on any atom is 0.478 e. The summed E-state index contributed by atoms with van der Waals surface area (Å²) in [6.07, 6.45) is -10.9. The summed E-state index contributed by atoms with van der Waals surface area (Å²) >= 11 is 5.78. The number of aromatic nitrogens is 2. The molecule has 2 N–H and O–H groups in total. The number of pyridine rings is 2. The van der Waals surface area contributed by atoms with E-state index in [0.29, 0.717) is 12.3 Å². The Hall–Kier alpha value is -3.38. The molecule has 0 radical (unpaired) electrons. The molecule has 0 spiro atoms. The zero-order chi connectivity index (χ0) is 26.1. The predicted octanol–water partition coefficient (Wildman–Crippen LogP) is 5.14. The average Bonchev–Trinajstić information content (AvgIpc) is 2.77. The van der Waals surface area contributed by atoms with Crippen LogP contribution in [0.25, 0.3) is 11.3 Å². The zero-order valence-electron chi connectivity index (χ0n) is 17.7. The fourth-order valence-electron chi connectivity index (χ4n) is 3.16. The van der Waals surface area contributed by atoms with E-state index in [1.165, 1.54) is 31.3 Å². The number of aliphatic hydroxyl groups excluding tert-OH is 1. The van der Waals surface area contributed by atoms with Crippen molar-refractivity contribution >= 4 is 17.5 Å². The average molecular weight is 520 g/mol. The number of carbonyl (C=O) groups excluding carboxylic acids is 1. The monoisotopic (exact) mass is 519 g/mol. The smallest absolute Gasteiger partial charge is 0.478 e. The van der Waals surface area contributed by atoms with Crippen LogP contribution in [0.1, 0.15) is 46.2 Å². The number of amides is 1. The minimum atomic E-state index is -5.02. The third kappa shape index (κ3) is 6.20. The normalized spacial score (nSPS) is 13.9. The molecule has 186 valence electrons. The van der Waals surface area contributed by atoms with Crippen LogP contribution in [0.3, 0.4) is 0 Å². The largest absolute Gasteiger partial charge is 0.618 e. The standard InChI is InChI=1S/C22H16ClF6N3O3/c1-11(12-2-5-18(21(24,25)26)32(35)10-12)31-20(34)15-7-13(17-4-3-16(23)9-30-17)6-14(8-15)19(33)22(27,28)29/h2-11,19,33H,1H3,(H,31,34)/t11-,19?/m1/s1. The minimum Gasteiger partial charge on any atom is -0.618 e. The van der Waals surface area contributed by atoms with Gasteiger partial charge in [-0.15, -0.1) is 0 Å². The number of hydrogen-bond acceptors (Lipinski definition) is 4. The fourth-order valence-corrected chi connectivity index (χ4v) is 3.27. The predicted molar refractivity (Wildman–Crippen MR) is 112 cm³/mol. The highest BCUT2D eigenvalue weighted by Gasteiger charge is 2.40. The molecule has 3 aromatic rings. The highest BCUT2D eigenvalue weighted by atomic mass is 35.5. The van der Waals surface area contributed by atoms with E-state index in [4.69, 9.17) is 11.6 Å². The van der Waals surface area contributed by atoms with Crippen molar-refractivity contribution < 1.29 is 41.0 Å². The van der Waals surface area contributed by atoms with Gasteiger partial charge in [-0.3, -0.25) is 9.78 Å². The second kappa shape index (κ2) is 9.70. The first-order valence-corrected chi connectivity index (χ1v) is 10.2. The van der Waals surface area contributed by atoms with Crippen molar-refractivity contribution in [3.63, 3.8) is 0 Å².